The van der Waals surface area contributed by atoms with Crippen molar-refractivity contribution in [2.45, 2.75) is 11.4 Å². The molecule has 6 heteroatoms. The van der Waals surface area contributed by atoms with Crippen LogP contribution in [0.2, 0.25) is 0 Å². The molecule has 2 aromatic rings. The molecule has 0 bridgehead atoms. The number of rotatable bonds is 4. The molecule has 100 valence electrons. The Morgan fingerprint density at radius 1 is 1.11 bits per heavy atom. The maximum atomic E-state index is 12.3. The molecule has 0 heterocycles. The summed E-state index contributed by atoms with van der Waals surface area (Å²) >= 11 is 3.30. The van der Waals surface area contributed by atoms with Crippen LogP contribution in [0.25, 0.3) is 0 Å². The third kappa shape index (κ3) is 3.34. The summed E-state index contributed by atoms with van der Waals surface area (Å²) in [5, 5.41) is 0. The Morgan fingerprint density at radius 3 is 2.53 bits per heavy atom. The third-order valence-electron chi connectivity index (χ3n) is 2.56. The van der Waals surface area contributed by atoms with Crippen molar-refractivity contribution in [1.82, 2.24) is 0 Å². The average Bonchev–Trinajstić information content (AvgIpc) is 2.38. The highest BCUT2D eigenvalue weighted by atomic mass is 79.9. The molecule has 2 aromatic carbocycles. The summed E-state index contributed by atoms with van der Waals surface area (Å²) in [6.45, 7) is 0.176. The summed E-state index contributed by atoms with van der Waals surface area (Å²) in [6.07, 6.45) is 0. The number of anilines is 1. The van der Waals surface area contributed by atoms with Gasteiger partial charge in [-0.05, 0) is 29.8 Å². The van der Waals surface area contributed by atoms with Gasteiger partial charge in [-0.25, -0.2) is 8.42 Å². The third-order valence-corrected chi connectivity index (χ3v) is 4.53. The summed E-state index contributed by atoms with van der Waals surface area (Å²) in [6, 6.07) is 13.7. The Hall–Kier alpha value is -1.37. The van der Waals surface area contributed by atoms with Crippen LogP contribution in [0, 0.1) is 0 Å². The smallest absolute Gasteiger partial charge is 0.262 e. The van der Waals surface area contributed by atoms with E-state index in [1.165, 1.54) is 0 Å². The van der Waals surface area contributed by atoms with Crippen LogP contribution in [-0.2, 0) is 16.6 Å². The predicted octanol–water partition coefficient (Wildman–Crippen LogP) is 2.71. The number of sulfonamides is 1. The summed E-state index contributed by atoms with van der Waals surface area (Å²) in [7, 11) is -3.62. The van der Waals surface area contributed by atoms with E-state index < -0.39 is 10.0 Å². The highest BCUT2D eigenvalue weighted by molar-refractivity contribution is 9.10. The zero-order valence-electron chi connectivity index (χ0n) is 10.0. The molecule has 19 heavy (non-hydrogen) atoms. The molecule has 0 fully saturated rings. The Kier molecular flexibility index (Phi) is 4.24. The lowest BCUT2D eigenvalue weighted by Crippen LogP contribution is -2.16. The standard InChI is InChI=1S/C13H13BrN2O2S/c14-11-5-3-6-12(8-11)16-19(17,18)13-7-2-1-4-10(13)9-15/h1-8,16H,9,15H2. The first-order valence-corrected chi connectivity index (χ1v) is 7.87. The van der Waals surface area contributed by atoms with Crippen molar-refractivity contribution in [1.29, 1.82) is 0 Å². The number of nitrogens with one attached hydrogen (secondary N) is 1. The molecule has 0 saturated carbocycles. The maximum Gasteiger partial charge on any atom is 0.262 e. The van der Waals surface area contributed by atoms with Gasteiger partial charge in [0.25, 0.3) is 10.0 Å². The molecule has 0 aliphatic heterocycles. The zero-order chi connectivity index (χ0) is 13.9. The molecule has 3 N–H and O–H groups in total. The molecular weight excluding hydrogens is 328 g/mol. The van der Waals surface area contributed by atoms with Crippen LogP contribution < -0.4 is 10.5 Å². The Morgan fingerprint density at radius 2 is 1.84 bits per heavy atom. The molecule has 0 atom stereocenters. The largest absolute Gasteiger partial charge is 0.326 e. The van der Waals surface area contributed by atoms with Gasteiger partial charge >= 0.3 is 0 Å². The van der Waals surface area contributed by atoms with Gasteiger partial charge in [0, 0.05) is 16.7 Å². The van der Waals surface area contributed by atoms with Crippen molar-refractivity contribution in [3.05, 3.63) is 58.6 Å². The molecule has 0 spiro atoms. The van der Waals surface area contributed by atoms with E-state index in [0.717, 1.165) is 4.47 Å². The highest BCUT2D eigenvalue weighted by Crippen LogP contribution is 2.21. The number of benzene rings is 2. The van der Waals surface area contributed by atoms with E-state index in [1.54, 1.807) is 42.5 Å². The van der Waals surface area contributed by atoms with E-state index in [9.17, 15) is 8.42 Å². The molecule has 0 amide bonds. The summed E-state index contributed by atoms with van der Waals surface area (Å²) in [5.41, 5.74) is 6.65. The first-order valence-electron chi connectivity index (χ1n) is 5.59. The van der Waals surface area contributed by atoms with Crippen molar-refractivity contribution in [3.63, 3.8) is 0 Å². The van der Waals surface area contributed by atoms with Crippen molar-refractivity contribution < 1.29 is 8.42 Å². The van der Waals surface area contributed by atoms with Crippen LogP contribution in [0.1, 0.15) is 5.56 Å². The van der Waals surface area contributed by atoms with Crippen LogP contribution >= 0.6 is 15.9 Å². The van der Waals surface area contributed by atoms with E-state index in [2.05, 4.69) is 20.7 Å². The molecular formula is C13H13BrN2O2S. The predicted molar refractivity (Wildman–Crippen MR) is 79.3 cm³/mol. The van der Waals surface area contributed by atoms with Gasteiger partial charge in [-0.3, -0.25) is 4.72 Å². The van der Waals surface area contributed by atoms with Gasteiger partial charge in [0.1, 0.15) is 0 Å². The minimum absolute atomic E-state index is 0.176. The minimum atomic E-state index is -3.62. The van der Waals surface area contributed by atoms with E-state index in [4.69, 9.17) is 5.73 Å². The fourth-order valence-corrected chi connectivity index (χ4v) is 3.40. The first-order chi connectivity index (χ1) is 9.03. The topological polar surface area (TPSA) is 72.2 Å². The second-order valence-electron chi connectivity index (χ2n) is 3.93. The van der Waals surface area contributed by atoms with E-state index in [-0.39, 0.29) is 11.4 Å². The van der Waals surface area contributed by atoms with Crippen molar-refractivity contribution in [2.75, 3.05) is 4.72 Å². The van der Waals surface area contributed by atoms with Gasteiger partial charge in [-0.1, -0.05) is 40.2 Å². The Balaban J connectivity index is 2.38. The van der Waals surface area contributed by atoms with Gasteiger partial charge in [-0.2, -0.15) is 0 Å². The van der Waals surface area contributed by atoms with Crippen molar-refractivity contribution >= 4 is 31.6 Å². The van der Waals surface area contributed by atoms with Crippen LogP contribution in [0.3, 0.4) is 0 Å². The first kappa shape index (κ1) is 14.0. The lowest BCUT2D eigenvalue weighted by Gasteiger charge is -2.11. The van der Waals surface area contributed by atoms with Gasteiger partial charge in [0.2, 0.25) is 0 Å². The molecule has 0 radical (unpaired) electrons. The van der Waals surface area contributed by atoms with Gasteiger partial charge in [0.05, 0.1) is 4.90 Å². The van der Waals surface area contributed by atoms with Crippen LogP contribution in [0.5, 0.6) is 0 Å². The lowest BCUT2D eigenvalue weighted by atomic mass is 10.2. The normalized spacial score (nSPS) is 11.3. The number of hydrogen-bond donors (Lipinski definition) is 2. The number of nitrogens with two attached hydrogens (primary N) is 1. The van der Waals surface area contributed by atoms with Gasteiger partial charge in [0.15, 0.2) is 0 Å². The van der Waals surface area contributed by atoms with Crippen molar-refractivity contribution in [2.24, 2.45) is 5.73 Å². The molecule has 4 nitrogen and oxygen atoms in total. The van der Waals surface area contributed by atoms with Crippen LogP contribution in [0.15, 0.2) is 57.9 Å². The second-order valence-corrected chi connectivity index (χ2v) is 6.49. The lowest BCUT2D eigenvalue weighted by molar-refractivity contribution is 0.600. The Labute approximate surface area is 120 Å². The summed E-state index contributed by atoms with van der Waals surface area (Å²) in [4.78, 5) is 0.206. The molecule has 0 aliphatic carbocycles. The van der Waals surface area contributed by atoms with Crippen LogP contribution in [-0.4, -0.2) is 8.42 Å². The molecule has 0 aromatic heterocycles. The minimum Gasteiger partial charge on any atom is -0.326 e. The monoisotopic (exact) mass is 340 g/mol. The van der Waals surface area contributed by atoms with Gasteiger partial charge < -0.3 is 5.73 Å². The molecule has 0 saturated heterocycles. The SMILES string of the molecule is NCc1ccccc1S(=O)(=O)Nc1cccc(Br)c1. The number of hydrogen-bond acceptors (Lipinski definition) is 3. The van der Waals surface area contributed by atoms with E-state index in [1.807, 2.05) is 6.07 Å². The summed E-state index contributed by atoms with van der Waals surface area (Å²) in [5.74, 6) is 0. The van der Waals surface area contributed by atoms with E-state index in [0.29, 0.717) is 11.3 Å². The second kappa shape index (κ2) is 5.73. The fourth-order valence-electron chi connectivity index (χ4n) is 1.70. The zero-order valence-corrected chi connectivity index (χ0v) is 12.4. The van der Waals surface area contributed by atoms with Gasteiger partial charge in [-0.15, -0.1) is 0 Å². The molecule has 0 aliphatic rings. The quantitative estimate of drug-likeness (QED) is 0.898. The van der Waals surface area contributed by atoms with Crippen LogP contribution in [0.4, 0.5) is 5.69 Å². The summed E-state index contributed by atoms with van der Waals surface area (Å²) < 4.78 is 28.0. The average molecular weight is 341 g/mol. The molecule has 0 unspecified atom stereocenters. The van der Waals surface area contributed by atoms with E-state index >= 15 is 0 Å². The van der Waals surface area contributed by atoms with Crippen molar-refractivity contribution in [3.8, 4) is 0 Å². The Bertz CT molecular complexity index is 687. The fraction of sp³-hybridized carbons (Fsp3) is 0.0769. The maximum absolute atomic E-state index is 12.3. The number of halogens is 1. The highest BCUT2D eigenvalue weighted by Gasteiger charge is 2.17. The molecule has 2 rings (SSSR count).